The van der Waals surface area contributed by atoms with Gasteiger partial charge in [0.25, 0.3) is 5.91 Å². The minimum absolute atomic E-state index is 0.0425. The van der Waals surface area contributed by atoms with Crippen molar-refractivity contribution in [2.24, 2.45) is 0 Å². The molecule has 4 N–H and O–H groups in total. The van der Waals surface area contributed by atoms with Crippen molar-refractivity contribution in [2.75, 3.05) is 11.1 Å². The number of aliphatic hydroxyl groups is 1. The zero-order chi connectivity index (χ0) is 13.8. The summed E-state index contributed by atoms with van der Waals surface area (Å²) >= 11 is 5.84. The van der Waals surface area contributed by atoms with E-state index in [9.17, 15) is 4.79 Å². The third-order valence-corrected chi connectivity index (χ3v) is 2.80. The van der Waals surface area contributed by atoms with E-state index in [0.717, 1.165) is 5.56 Å². The number of rotatable bonds is 3. The maximum Gasteiger partial charge on any atom is 0.258 e. The molecular weight excluding hydrogens is 266 g/mol. The molecule has 5 nitrogen and oxygen atoms in total. The van der Waals surface area contributed by atoms with E-state index in [1.807, 2.05) is 0 Å². The van der Waals surface area contributed by atoms with Gasteiger partial charge in [0.15, 0.2) is 0 Å². The van der Waals surface area contributed by atoms with Crippen LogP contribution in [0.1, 0.15) is 15.9 Å². The van der Waals surface area contributed by atoms with Crippen molar-refractivity contribution in [3.05, 3.63) is 52.8 Å². The summed E-state index contributed by atoms with van der Waals surface area (Å²) in [6.07, 6.45) is 1.38. The van der Waals surface area contributed by atoms with Crippen LogP contribution in [0.15, 0.2) is 36.5 Å². The van der Waals surface area contributed by atoms with Gasteiger partial charge in [-0.15, -0.1) is 0 Å². The molecular formula is C13H12ClN3O2. The molecule has 1 aromatic carbocycles. The van der Waals surface area contributed by atoms with Crippen LogP contribution < -0.4 is 11.1 Å². The molecule has 0 fully saturated rings. The number of anilines is 2. The minimum Gasteiger partial charge on any atom is -0.397 e. The first-order valence-corrected chi connectivity index (χ1v) is 5.90. The number of nitrogens with two attached hydrogens (primary N) is 1. The Bertz CT molecular complexity index is 599. The monoisotopic (exact) mass is 277 g/mol. The second kappa shape index (κ2) is 5.69. The molecule has 0 radical (unpaired) electrons. The molecule has 0 spiro atoms. The molecule has 0 bridgehead atoms. The molecule has 1 amide bonds. The highest BCUT2D eigenvalue weighted by atomic mass is 35.5. The second-order valence-corrected chi connectivity index (χ2v) is 4.27. The summed E-state index contributed by atoms with van der Waals surface area (Å²) in [6.45, 7) is -0.0425. The summed E-state index contributed by atoms with van der Waals surface area (Å²) in [5.74, 6) is -0.387. The average molecular weight is 278 g/mol. The Labute approximate surface area is 115 Å². The molecule has 1 heterocycles. The molecule has 0 atom stereocenters. The van der Waals surface area contributed by atoms with Gasteiger partial charge in [-0.3, -0.25) is 4.79 Å². The molecule has 0 aliphatic heterocycles. The number of aromatic nitrogens is 1. The maximum absolute atomic E-state index is 12.0. The highest BCUT2D eigenvalue weighted by Crippen LogP contribution is 2.18. The molecule has 0 aliphatic carbocycles. The van der Waals surface area contributed by atoms with Crippen LogP contribution >= 0.6 is 11.6 Å². The SMILES string of the molecule is Nc1cnc(Cl)c(C(=O)Nc2ccc(CO)cc2)c1. The fourth-order valence-corrected chi connectivity index (χ4v) is 1.70. The van der Waals surface area contributed by atoms with Crippen LogP contribution in [0.5, 0.6) is 0 Å². The van der Waals surface area contributed by atoms with Gasteiger partial charge in [0.05, 0.1) is 24.1 Å². The van der Waals surface area contributed by atoms with Crippen molar-refractivity contribution >= 4 is 28.9 Å². The third kappa shape index (κ3) is 3.21. The topological polar surface area (TPSA) is 88.2 Å². The first kappa shape index (κ1) is 13.3. The standard InChI is InChI=1S/C13H12ClN3O2/c14-12-11(5-9(15)6-16-12)13(19)17-10-3-1-8(7-18)2-4-10/h1-6,18H,7,15H2,(H,17,19). The number of nitrogen functional groups attached to an aromatic ring is 1. The minimum atomic E-state index is -0.387. The Morgan fingerprint density at radius 2 is 2.05 bits per heavy atom. The second-order valence-electron chi connectivity index (χ2n) is 3.92. The predicted molar refractivity (Wildman–Crippen MR) is 74.0 cm³/mol. The summed E-state index contributed by atoms with van der Waals surface area (Å²) in [5.41, 5.74) is 7.51. The lowest BCUT2D eigenvalue weighted by Gasteiger charge is -2.07. The summed E-state index contributed by atoms with van der Waals surface area (Å²) in [4.78, 5) is 15.8. The van der Waals surface area contributed by atoms with Gasteiger partial charge in [-0.05, 0) is 23.8 Å². The van der Waals surface area contributed by atoms with Crippen molar-refractivity contribution in [1.29, 1.82) is 0 Å². The summed E-state index contributed by atoms with van der Waals surface area (Å²) in [7, 11) is 0. The van der Waals surface area contributed by atoms with Crippen LogP contribution in [0.4, 0.5) is 11.4 Å². The van der Waals surface area contributed by atoms with E-state index in [1.54, 1.807) is 24.3 Å². The first-order chi connectivity index (χ1) is 9.10. The van der Waals surface area contributed by atoms with Crippen molar-refractivity contribution in [3.8, 4) is 0 Å². The highest BCUT2D eigenvalue weighted by molar-refractivity contribution is 6.33. The number of carbonyl (C=O) groups excluding carboxylic acids is 1. The summed E-state index contributed by atoms with van der Waals surface area (Å²) in [6, 6.07) is 8.28. The van der Waals surface area contributed by atoms with Crippen LogP contribution in [0.25, 0.3) is 0 Å². The van der Waals surface area contributed by atoms with Gasteiger partial charge in [0, 0.05) is 5.69 Å². The Morgan fingerprint density at radius 3 is 2.68 bits per heavy atom. The molecule has 6 heteroatoms. The van der Waals surface area contributed by atoms with Crippen molar-refractivity contribution < 1.29 is 9.90 Å². The smallest absolute Gasteiger partial charge is 0.258 e. The largest absolute Gasteiger partial charge is 0.397 e. The third-order valence-electron chi connectivity index (χ3n) is 2.50. The Balaban J connectivity index is 2.18. The Morgan fingerprint density at radius 1 is 1.37 bits per heavy atom. The van der Waals surface area contributed by atoms with Crippen LogP contribution in [-0.2, 0) is 6.61 Å². The molecule has 0 unspecified atom stereocenters. The van der Waals surface area contributed by atoms with Crippen molar-refractivity contribution in [1.82, 2.24) is 4.98 Å². The number of pyridine rings is 1. The van der Waals surface area contributed by atoms with Gasteiger partial charge >= 0.3 is 0 Å². The first-order valence-electron chi connectivity index (χ1n) is 5.52. The number of hydrogen-bond donors (Lipinski definition) is 3. The van der Waals surface area contributed by atoms with Gasteiger partial charge in [-0.2, -0.15) is 0 Å². The van der Waals surface area contributed by atoms with E-state index < -0.39 is 0 Å². The van der Waals surface area contributed by atoms with E-state index in [-0.39, 0.29) is 23.2 Å². The fourth-order valence-electron chi connectivity index (χ4n) is 1.52. The predicted octanol–water partition coefficient (Wildman–Crippen LogP) is 2.06. The lowest BCUT2D eigenvalue weighted by atomic mass is 10.2. The van der Waals surface area contributed by atoms with Crippen LogP contribution in [-0.4, -0.2) is 16.0 Å². The van der Waals surface area contributed by atoms with E-state index in [2.05, 4.69) is 10.3 Å². The number of nitrogens with zero attached hydrogens (tertiary/aromatic N) is 1. The average Bonchev–Trinajstić information content (AvgIpc) is 2.42. The number of carbonyl (C=O) groups is 1. The normalized spacial score (nSPS) is 10.2. The summed E-state index contributed by atoms with van der Waals surface area (Å²) < 4.78 is 0. The van der Waals surface area contributed by atoms with Crippen molar-refractivity contribution in [3.63, 3.8) is 0 Å². The number of amides is 1. The van der Waals surface area contributed by atoms with Gasteiger partial charge in [-0.25, -0.2) is 4.98 Å². The molecule has 19 heavy (non-hydrogen) atoms. The fraction of sp³-hybridized carbons (Fsp3) is 0.0769. The zero-order valence-electron chi connectivity index (χ0n) is 9.93. The van der Waals surface area contributed by atoms with Gasteiger partial charge in [0.1, 0.15) is 5.15 Å². The molecule has 0 saturated heterocycles. The molecule has 98 valence electrons. The van der Waals surface area contributed by atoms with Gasteiger partial charge in [-0.1, -0.05) is 23.7 Å². The molecule has 2 rings (SSSR count). The number of aliphatic hydroxyl groups excluding tert-OH is 1. The molecule has 1 aromatic heterocycles. The maximum atomic E-state index is 12.0. The van der Waals surface area contributed by atoms with Crippen LogP contribution in [0.3, 0.4) is 0 Å². The summed E-state index contributed by atoms with van der Waals surface area (Å²) in [5, 5.41) is 11.7. The molecule has 2 aromatic rings. The van der Waals surface area contributed by atoms with E-state index in [4.69, 9.17) is 22.4 Å². The number of benzene rings is 1. The Kier molecular flexibility index (Phi) is 3.99. The zero-order valence-corrected chi connectivity index (χ0v) is 10.7. The van der Waals surface area contributed by atoms with E-state index in [1.165, 1.54) is 12.3 Å². The molecule has 0 aliphatic rings. The van der Waals surface area contributed by atoms with Crippen LogP contribution in [0.2, 0.25) is 5.15 Å². The number of halogens is 1. The highest BCUT2D eigenvalue weighted by Gasteiger charge is 2.12. The van der Waals surface area contributed by atoms with Gasteiger partial charge in [0.2, 0.25) is 0 Å². The number of hydrogen-bond acceptors (Lipinski definition) is 4. The number of nitrogens with one attached hydrogen (secondary N) is 1. The lowest BCUT2D eigenvalue weighted by molar-refractivity contribution is 0.102. The molecule has 0 saturated carbocycles. The Hall–Kier alpha value is -2.11. The van der Waals surface area contributed by atoms with Gasteiger partial charge < -0.3 is 16.2 Å². The van der Waals surface area contributed by atoms with E-state index >= 15 is 0 Å². The quantitative estimate of drug-likeness (QED) is 0.749. The van der Waals surface area contributed by atoms with Crippen LogP contribution in [0, 0.1) is 0 Å². The van der Waals surface area contributed by atoms with E-state index in [0.29, 0.717) is 11.4 Å². The lowest BCUT2D eigenvalue weighted by Crippen LogP contribution is -2.13. The van der Waals surface area contributed by atoms with Crippen molar-refractivity contribution in [2.45, 2.75) is 6.61 Å².